The standard InChI is InChI=1S/C7H8N.CH3.Mg/c8-6-7-4-2-1-3-5-7;;/h1-4H,6,8H2;1H3;. The van der Waals surface area contributed by atoms with Gasteiger partial charge in [-0.1, -0.05) is 29.8 Å². The summed E-state index contributed by atoms with van der Waals surface area (Å²) in [4.78, 5) is 0. The maximum absolute atomic E-state index is 5.55. The minimum atomic E-state index is -0.0286. The van der Waals surface area contributed by atoms with Crippen molar-refractivity contribution in [3.63, 3.8) is 0 Å². The molecule has 2 heteroatoms. The van der Waals surface area contributed by atoms with Gasteiger partial charge in [-0.2, -0.15) is 3.69 Å². The number of nitrogens with two attached hydrogens (primary N) is 1. The molecule has 0 aliphatic carbocycles. The van der Waals surface area contributed by atoms with Crippen LogP contribution < -0.4 is 9.43 Å². The molecule has 1 aromatic carbocycles. The molecular weight excluding hydrogens is 134 g/mol. The molecule has 0 saturated heterocycles. The molecule has 0 aliphatic rings. The van der Waals surface area contributed by atoms with Crippen LogP contribution in [0.3, 0.4) is 0 Å². The summed E-state index contributed by atoms with van der Waals surface area (Å²) >= 11 is -0.0286. The van der Waals surface area contributed by atoms with Crippen LogP contribution in [0.5, 0.6) is 0 Å². The summed E-state index contributed by atoms with van der Waals surface area (Å²) < 4.78 is 1.50. The topological polar surface area (TPSA) is 26.0 Å². The van der Waals surface area contributed by atoms with Crippen LogP contribution >= 0.6 is 0 Å². The molecule has 0 amide bonds. The quantitative estimate of drug-likeness (QED) is 0.604. The lowest BCUT2D eigenvalue weighted by Gasteiger charge is -2.02. The Balaban J connectivity index is 2.96. The van der Waals surface area contributed by atoms with Crippen molar-refractivity contribution >= 4 is 24.1 Å². The molecule has 0 aromatic heterocycles. The third-order valence-electron chi connectivity index (χ3n) is 1.72. The Hall–Kier alpha value is -0.0538. The third-order valence-corrected chi connectivity index (χ3v) is 3.17. The van der Waals surface area contributed by atoms with Crippen molar-refractivity contribution in [1.82, 2.24) is 0 Å². The minimum Gasteiger partial charge on any atom is -0.327 e. The van der Waals surface area contributed by atoms with E-state index in [1.165, 1.54) is 9.26 Å². The van der Waals surface area contributed by atoms with Gasteiger partial charge in [0, 0.05) is 6.54 Å². The molecular formula is C8H11MgN. The van der Waals surface area contributed by atoms with Gasteiger partial charge in [-0.25, -0.2) is 0 Å². The van der Waals surface area contributed by atoms with Crippen LogP contribution in [0.25, 0.3) is 0 Å². The fraction of sp³-hybridized carbons (Fsp3) is 0.250. The molecule has 0 saturated carbocycles. The SMILES string of the molecule is [CH3][Mg][c]1ccccc1CN. The Morgan fingerprint density at radius 2 is 2.10 bits per heavy atom. The van der Waals surface area contributed by atoms with E-state index >= 15 is 0 Å². The highest BCUT2D eigenvalue weighted by Gasteiger charge is 1.96. The Morgan fingerprint density at radius 3 is 2.60 bits per heavy atom. The average molecular weight is 145 g/mol. The van der Waals surface area contributed by atoms with Crippen molar-refractivity contribution in [2.75, 3.05) is 0 Å². The van der Waals surface area contributed by atoms with Crippen LogP contribution in [-0.4, -0.2) is 20.4 Å². The van der Waals surface area contributed by atoms with E-state index < -0.39 is 0 Å². The van der Waals surface area contributed by atoms with Gasteiger partial charge in [0.15, 0.2) is 0 Å². The second-order valence-electron chi connectivity index (χ2n) is 2.33. The zero-order chi connectivity index (χ0) is 7.40. The first-order valence-electron chi connectivity index (χ1n) is 3.65. The lowest BCUT2D eigenvalue weighted by atomic mass is 10.2. The van der Waals surface area contributed by atoms with Gasteiger partial charge in [-0.05, 0) is 0 Å². The molecule has 0 spiro atoms. The number of hydrogen-bond donors (Lipinski definition) is 1. The van der Waals surface area contributed by atoms with Crippen LogP contribution in [-0.2, 0) is 6.54 Å². The molecule has 2 N–H and O–H groups in total. The summed E-state index contributed by atoms with van der Waals surface area (Å²) in [5.74, 6) is 0. The molecule has 0 unspecified atom stereocenters. The molecule has 1 nitrogen and oxygen atoms in total. The van der Waals surface area contributed by atoms with Crippen LogP contribution in [0.4, 0.5) is 0 Å². The van der Waals surface area contributed by atoms with Crippen LogP contribution in [0.15, 0.2) is 24.3 Å². The van der Waals surface area contributed by atoms with E-state index in [2.05, 4.69) is 29.3 Å². The van der Waals surface area contributed by atoms with Gasteiger partial charge in [0.25, 0.3) is 0 Å². The van der Waals surface area contributed by atoms with Crippen LogP contribution in [0.1, 0.15) is 5.56 Å². The Morgan fingerprint density at radius 1 is 1.40 bits per heavy atom. The third kappa shape index (κ3) is 1.72. The van der Waals surface area contributed by atoms with Gasteiger partial charge < -0.3 is 5.73 Å². The van der Waals surface area contributed by atoms with E-state index in [1.54, 1.807) is 0 Å². The molecule has 0 radical (unpaired) electrons. The Bertz CT molecular complexity index is 187. The van der Waals surface area contributed by atoms with Crippen molar-refractivity contribution in [2.45, 2.75) is 11.6 Å². The fourth-order valence-corrected chi connectivity index (χ4v) is 2.19. The van der Waals surface area contributed by atoms with Crippen molar-refractivity contribution < 1.29 is 0 Å². The van der Waals surface area contributed by atoms with Gasteiger partial charge in [-0.3, -0.25) is 0 Å². The largest absolute Gasteiger partial charge is 0.405 e. The summed E-state index contributed by atoms with van der Waals surface area (Å²) in [6.45, 7) is 0.691. The molecule has 10 heavy (non-hydrogen) atoms. The molecule has 0 bridgehead atoms. The minimum absolute atomic E-state index is 0.0286. The highest BCUT2D eigenvalue weighted by atomic mass is 24.5. The lowest BCUT2D eigenvalue weighted by Crippen LogP contribution is -2.18. The van der Waals surface area contributed by atoms with E-state index in [4.69, 9.17) is 5.73 Å². The van der Waals surface area contributed by atoms with E-state index in [0.717, 1.165) is 0 Å². The predicted molar refractivity (Wildman–Crippen MR) is 45.6 cm³/mol. The molecule has 50 valence electrons. The predicted octanol–water partition coefficient (Wildman–Crippen LogP) is 0.523. The van der Waals surface area contributed by atoms with Gasteiger partial charge in [0.1, 0.15) is 0 Å². The maximum atomic E-state index is 5.55. The van der Waals surface area contributed by atoms with E-state index in [1.807, 2.05) is 0 Å². The highest BCUT2D eigenvalue weighted by molar-refractivity contribution is 6.52. The first-order valence-corrected chi connectivity index (χ1v) is 5.77. The second kappa shape index (κ2) is 3.96. The summed E-state index contributed by atoms with van der Waals surface area (Å²) in [6, 6.07) is 8.45. The monoisotopic (exact) mass is 145 g/mol. The Labute approximate surface area is 71.3 Å². The molecule has 1 aromatic rings. The highest BCUT2D eigenvalue weighted by Crippen LogP contribution is 1.92. The molecule has 0 heterocycles. The maximum Gasteiger partial charge on any atom is 0.405 e. The lowest BCUT2D eigenvalue weighted by molar-refractivity contribution is 1.08. The van der Waals surface area contributed by atoms with Gasteiger partial charge >= 0.3 is 20.4 Å². The van der Waals surface area contributed by atoms with E-state index in [9.17, 15) is 0 Å². The van der Waals surface area contributed by atoms with Crippen molar-refractivity contribution in [3.8, 4) is 0 Å². The number of hydrogen-bond acceptors (Lipinski definition) is 1. The molecule has 0 fully saturated rings. The van der Waals surface area contributed by atoms with Crippen LogP contribution in [0, 0.1) is 0 Å². The summed E-state index contributed by atoms with van der Waals surface area (Å²) in [5, 5.41) is 2.29. The zero-order valence-electron chi connectivity index (χ0n) is 6.30. The zero-order valence-corrected chi connectivity index (χ0v) is 7.72. The summed E-state index contributed by atoms with van der Waals surface area (Å²) in [5.41, 5.74) is 6.88. The average Bonchev–Trinajstić information content (AvgIpc) is 2.04. The second-order valence-corrected chi connectivity index (χ2v) is 3.80. The van der Waals surface area contributed by atoms with Crippen molar-refractivity contribution in [3.05, 3.63) is 29.8 Å². The van der Waals surface area contributed by atoms with E-state index in [-0.39, 0.29) is 20.4 Å². The van der Waals surface area contributed by atoms with Gasteiger partial charge in [0.2, 0.25) is 0 Å². The molecule has 1 rings (SSSR count). The molecule has 0 aliphatic heterocycles. The first kappa shape index (κ1) is 8.05. The first-order chi connectivity index (χ1) is 4.88. The van der Waals surface area contributed by atoms with Gasteiger partial charge in [0.05, 0.1) is 0 Å². The molecule has 0 atom stereocenters. The fourth-order valence-electron chi connectivity index (χ4n) is 1.10. The number of rotatable bonds is 2. The van der Waals surface area contributed by atoms with Crippen molar-refractivity contribution in [2.24, 2.45) is 5.73 Å². The van der Waals surface area contributed by atoms with E-state index in [0.29, 0.717) is 6.54 Å². The normalized spacial score (nSPS) is 9.00. The summed E-state index contributed by atoms with van der Waals surface area (Å²) in [6.07, 6.45) is 0. The summed E-state index contributed by atoms with van der Waals surface area (Å²) in [7, 11) is 0. The smallest absolute Gasteiger partial charge is 0.327 e. The Kier molecular flexibility index (Phi) is 3.19. The van der Waals surface area contributed by atoms with Crippen LogP contribution in [0.2, 0.25) is 5.05 Å². The number of benzene rings is 1. The van der Waals surface area contributed by atoms with Crippen molar-refractivity contribution in [1.29, 1.82) is 0 Å². The van der Waals surface area contributed by atoms with Gasteiger partial charge in [-0.15, -0.1) is 5.05 Å².